The maximum Gasteiger partial charge on any atom is 0.264 e. The molecule has 0 bridgehead atoms. The molecule has 1 heterocycles. The molecular weight excluding hydrogens is 418 g/mol. The molecular formula is C22H29N3O5S. The molecule has 2 aromatic rings. The summed E-state index contributed by atoms with van der Waals surface area (Å²) in [6.45, 7) is 5.51. The summed E-state index contributed by atoms with van der Waals surface area (Å²) in [5.74, 6) is 0.514. The molecule has 9 heteroatoms. The van der Waals surface area contributed by atoms with E-state index in [-0.39, 0.29) is 17.3 Å². The molecule has 0 unspecified atom stereocenters. The molecule has 0 aliphatic carbocycles. The first-order valence-electron chi connectivity index (χ1n) is 10.2. The van der Waals surface area contributed by atoms with Crippen LogP contribution in [0.5, 0.6) is 11.5 Å². The number of benzene rings is 2. The Labute approximate surface area is 184 Å². The number of para-hydroxylation sites is 1. The van der Waals surface area contributed by atoms with Crippen molar-refractivity contribution in [2.75, 3.05) is 57.8 Å². The predicted octanol–water partition coefficient (Wildman–Crippen LogP) is 2.06. The van der Waals surface area contributed by atoms with Gasteiger partial charge in [-0.2, -0.15) is 0 Å². The van der Waals surface area contributed by atoms with Gasteiger partial charge in [0.25, 0.3) is 10.0 Å². The molecule has 3 rings (SSSR count). The third-order valence-electron chi connectivity index (χ3n) is 5.44. The number of likely N-dealkylation sites (N-methyl/N-ethyl adjacent to an activating group) is 1. The molecule has 1 fully saturated rings. The van der Waals surface area contributed by atoms with Crippen molar-refractivity contribution in [3.63, 3.8) is 0 Å². The van der Waals surface area contributed by atoms with E-state index in [4.69, 9.17) is 9.47 Å². The second-order valence-electron chi connectivity index (χ2n) is 7.18. The van der Waals surface area contributed by atoms with Crippen LogP contribution in [-0.2, 0) is 14.8 Å². The zero-order chi connectivity index (χ0) is 22.4. The molecule has 0 saturated carbocycles. The molecule has 1 aliphatic rings. The zero-order valence-corrected chi connectivity index (χ0v) is 19.0. The van der Waals surface area contributed by atoms with Gasteiger partial charge in [0, 0.05) is 32.2 Å². The van der Waals surface area contributed by atoms with Crippen LogP contribution in [0.15, 0.2) is 53.4 Å². The van der Waals surface area contributed by atoms with E-state index in [0.717, 1.165) is 23.9 Å². The SMILES string of the molecule is CCN1CCN(C(=O)CN(c2ccccc2)S(=O)(=O)c2ccc(OC)c(OC)c2)CC1. The molecule has 1 amide bonds. The molecule has 8 nitrogen and oxygen atoms in total. The monoisotopic (exact) mass is 447 g/mol. The lowest BCUT2D eigenvalue weighted by Gasteiger charge is -2.35. The van der Waals surface area contributed by atoms with Crippen LogP contribution < -0.4 is 13.8 Å². The van der Waals surface area contributed by atoms with Gasteiger partial charge in [0.1, 0.15) is 6.54 Å². The Bertz CT molecular complexity index is 989. The molecule has 168 valence electrons. The number of rotatable bonds is 8. The summed E-state index contributed by atoms with van der Waals surface area (Å²) < 4.78 is 38.8. The number of amides is 1. The molecule has 1 saturated heterocycles. The predicted molar refractivity (Wildman–Crippen MR) is 119 cm³/mol. The van der Waals surface area contributed by atoms with E-state index in [1.807, 2.05) is 0 Å². The standard InChI is InChI=1S/C22H29N3O5S/c1-4-23-12-14-24(15-13-23)22(26)17-25(18-8-6-5-7-9-18)31(27,28)19-10-11-20(29-2)21(16-19)30-3/h5-11,16H,4,12-15,17H2,1-3H3. The van der Waals surface area contributed by atoms with E-state index in [9.17, 15) is 13.2 Å². The number of nitrogens with zero attached hydrogens (tertiary/aromatic N) is 3. The lowest BCUT2D eigenvalue weighted by molar-refractivity contribution is -0.131. The Morgan fingerprint density at radius 3 is 2.19 bits per heavy atom. The molecule has 0 atom stereocenters. The van der Waals surface area contributed by atoms with Crippen LogP contribution in [0.25, 0.3) is 0 Å². The number of carbonyl (C=O) groups is 1. The molecule has 1 aliphatic heterocycles. The Kier molecular flexibility index (Phi) is 7.40. The smallest absolute Gasteiger partial charge is 0.264 e. The highest BCUT2D eigenvalue weighted by molar-refractivity contribution is 7.92. The summed E-state index contributed by atoms with van der Waals surface area (Å²) >= 11 is 0. The summed E-state index contributed by atoms with van der Waals surface area (Å²) in [4.78, 5) is 17.1. The van der Waals surface area contributed by atoms with Crippen molar-refractivity contribution >= 4 is 21.6 Å². The van der Waals surface area contributed by atoms with Crippen LogP contribution in [0.1, 0.15) is 6.92 Å². The minimum Gasteiger partial charge on any atom is -0.493 e. The number of ether oxygens (including phenoxy) is 2. The number of methoxy groups -OCH3 is 2. The normalized spacial score (nSPS) is 14.9. The van der Waals surface area contributed by atoms with Gasteiger partial charge in [0.15, 0.2) is 11.5 Å². The average Bonchev–Trinajstić information content (AvgIpc) is 2.82. The van der Waals surface area contributed by atoms with Crippen LogP contribution in [-0.4, -0.2) is 77.6 Å². The second kappa shape index (κ2) is 10.0. The van der Waals surface area contributed by atoms with E-state index >= 15 is 0 Å². The van der Waals surface area contributed by atoms with Crippen molar-refractivity contribution in [1.29, 1.82) is 0 Å². The van der Waals surface area contributed by atoms with Crippen molar-refractivity contribution in [3.8, 4) is 11.5 Å². The summed E-state index contributed by atoms with van der Waals surface area (Å²) in [5.41, 5.74) is 0.429. The van der Waals surface area contributed by atoms with E-state index in [2.05, 4.69) is 11.8 Å². The van der Waals surface area contributed by atoms with Crippen molar-refractivity contribution in [2.24, 2.45) is 0 Å². The van der Waals surface area contributed by atoms with E-state index in [1.165, 1.54) is 26.4 Å². The number of hydrogen-bond acceptors (Lipinski definition) is 6. The first-order chi connectivity index (χ1) is 14.9. The Morgan fingerprint density at radius 2 is 1.61 bits per heavy atom. The first-order valence-corrected chi connectivity index (χ1v) is 11.6. The van der Waals surface area contributed by atoms with Crippen molar-refractivity contribution in [2.45, 2.75) is 11.8 Å². The fraction of sp³-hybridized carbons (Fsp3) is 0.409. The lowest BCUT2D eigenvalue weighted by atomic mass is 10.3. The quantitative estimate of drug-likeness (QED) is 0.616. The second-order valence-corrected chi connectivity index (χ2v) is 9.04. The van der Waals surface area contributed by atoms with Gasteiger partial charge in [-0.1, -0.05) is 25.1 Å². The van der Waals surface area contributed by atoms with Gasteiger partial charge in [-0.15, -0.1) is 0 Å². The van der Waals surface area contributed by atoms with Gasteiger partial charge in [-0.3, -0.25) is 9.10 Å². The topological polar surface area (TPSA) is 79.4 Å². The molecule has 0 N–H and O–H groups in total. The number of carbonyl (C=O) groups excluding carboxylic acids is 1. The summed E-state index contributed by atoms with van der Waals surface area (Å²) in [7, 11) is -1.09. The highest BCUT2D eigenvalue weighted by atomic mass is 32.2. The minimum atomic E-state index is -4.02. The summed E-state index contributed by atoms with van der Waals surface area (Å²) in [6, 6.07) is 13.1. The van der Waals surface area contributed by atoms with Crippen molar-refractivity contribution in [1.82, 2.24) is 9.80 Å². The number of anilines is 1. The van der Waals surface area contributed by atoms with Crippen LogP contribution >= 0.6 is 0 Å². The van der Waals surface area contributed by atoms with Gasteiger partial charge in [-0.05, 0) is 30.8 Å². The maximum atomic E-state index is 13.6. The van der Waals surface area contributed by atoms with E-state index in [0.29, 0.717) is 30.3 Å². The van der Waals surface area contributed by atoms with E-state index in [1.54, 1.807) is 41.3 Å². The Hall–Kier alpha value is -2.78. The van der Waals surface area contributed by atoms with Crippen LogP contribution in [0, 0.1) is 0 Å². The number of hydrogen-bond donors (Lipinski definition) is 0. The highest BCUT2D eigenvalue weighted by Crippen LogP contribution is 2.32. The van der Waals surface area contributed by atoms with Gasteiger partial charge in [-0.25, -0.2) is 8.42 Å². The minimum absolute atomic E-state index is 0.0256. The fourth-order valence-corrected chi connectivity index (χ4v) is 4.98. The van der Waals surface area contributed by atoms with Gasteiger partial charge >= 0.3 is 0 Å². The summed E-state index contributed by atoms with van der Waals surface area (Å²) in [5, 5.41) is 0. The molecule has 2 aromatic carbocycles. The van der Waals surface area contributed by atoms with Gasteiger partial charge in [0.05, 0.1) is 24.8 Å². The largest absolute Gasteiger partial charge is 0.493 e. The van der Waals surface area contributed by atoms with Crippen molar-refractivity contribution in [3.05, 3.63) is 48.5 Å². The van der Waals surface area contributed by atoms with Gasteiger partial charge < -0.3 is 19.3 Å². The van der Waals surface area contributed by atoms with Gasteiger partial charge in [0.2, 0.25) is 5.91 Å². The van der Waals surface area contributed by atoms with Crippen LogP contribution in [0.3, 0.4) is 0 Å². The third kappa shape index (κ3) is 5.11. The fourth-order valence-electron chi connectivity index (χ4n) is 3.55. The molecule has 31 heavy (non-hydrogen) atoms. The van der Waals surface area contributed by atoms with Crippen LogP contribution in [0.2, 0.25) is 0 Å². The first kappa shape index (κ1) is 22.9. The summed E-state index contributed by atoms with van der Waals surface area (Å²) in [6.07, 6.45) is 0. The molecule has 0 radical (unpaired) electrons. The van der Waals surface area contributed by atoms with E-state index < -0.39 is 10.0 Å². The lowest BCUT2D eigenvalue weighted by Crippen LogP contribution is -2.51. The Morgan fingerprint density at radius 1 is 0.968 bits per heavy atom. The highest BCUT2D eigenvalue weighted by Gasteiger charge is 2.30. The molecule has 0 spiro atoms. The van der Waals surface area contributed by atoms with Crippen LogP contribution in [0.4, 0.5) is 5.69 Å². The number of sulfonamides is 1. The number of piperazine rings is 1. The Balaban J connectivity index is 1.91. The zero-order valence-electron chi connectivity index (χ0n) is 18.2. The maximum absolute atomic E-state index is 13.6. The average molecular weight is 448 g/mol. The third-order valence-corrected chi connectivity index (χ3v) is 7.21. The molecule has 0 aromatic heterocycles. The van der Waals surface area contributed by atoms with Crippen molar-refractivity contribution < 1.29 is 22.7 Å².